The Balaban J connectivity index is 1.47. The summed E-state index contributed by atoms with van der Waals surface area (Å²) in [4.78, 5) is 77.7. The van der Waals surface area contributed by atoms with Crippen molar-refractivity contribution in [3.05, 3.63) is 59.9 Å². The number of H-pyrrole nitrogens is 2. The third-order valence-corrected chi connectivity index (χ3v) is 10.6. The summed E-state index contributed by atoms with van der Waals surface area (Å²) in [5.41, 5.74) is 1.34. The summed E-state index contributed by atoms with van der Waals surface area (Å²) in [6.07, 6.45) is 3.75. The van der Waals surface area contributed by atoms with E-state index in [0.29, 0.717) is 57.1 Å². The predicted octanol–water partition coefficient (Wildman–Crippen LogP) is 0.165. The van der Waals surface area contributed by atoms with Crippen LogP contribution in [0.2, 0.25) is 0 Å². The highest BCUT2D eigenvalue weighted by Crippen LogP contribution is 2.22. The molecule has 4 rings (SSSR count). The zero-order chi connectivity index (χ0) is 42.7. The Morgan fingerprint density at radius 3 is 2.24 bits per heavy atom. The maximum absolute atomic E-state index is 14.2. The van der Waals surface area contributed by atoms with E-state index in [1.165, 1.54) is 6.33 Å². The van der Waals surface area contributed by atoms with Crippen molar-refractivity contribution in [1.29, 1.82) is 0 Å². The lowest BCUT2D eigenvalue weighted by atomic mass is 9.85. The van der Waals surface area contributed by atoms with Crippen LogP contribution in [0.25, 0.3) is 0 Å². The average Bonchev–Trinajstić information content (AvgIpc) is 3.95. The second-order valence-corrected chi connectivity index (χ2v) is 15.5. The van der Waals surface area contributed by atoms with Gasteiger partial charge in [-0.25, -0.2) is 10.1 Å². The zero-order valence-electron chi connectivity index (χ0n) is 34.8. The van der Waals surface area contributed by atoms with Gasteiger partial charge in [-0.05, 0) is 40.7 Å². The Bertz CT molecular complexity index is 1720. The Kier molecular flexibility index (Phi) is 18.9. The van der Waals surface area contributed by atoms with Crippen LogP contribution in [0.5, 0.6) is 0 Å². The number of aromatic amines is 2. The van der Waals surface area contributed by atoms with Crippen LogP contribution in [-0.2, 0) is 48.1 Å². The number of carbonyl (C=O) groups excluding carboxylic acids is 5. The number of nitrogens with zero attached hydrogens (tertiary/aromatic N) is 5. The minimum absolute atomic E-state index is 0.00224. The van der Waals surface area contributed by atoms with Crippen molar-refractivity contribution in [1.82, 2.24) is 62.1 Å². The molecule has 7 atom stereocenters. The molecule has 19 heteroatoms. The number of aliphatic hydroxyl groups is 1. The first-order valence-corrected chi connectivity index (χ1v) is 20.6. The summed E-state index contributed by atoms with van der Waals surface area (Å²) in [5.74, 6) is -3.01. The first kappa shape index (κ1) is 46.4. The quantitative estimate of drug-likeness (QED) is 0.0602. The summed E-state index contributed by atoms with van der Waals surface area (Å²) in [7, 11) is 0. The molecule has 3 heterocycles. The molecule has 3 aromatic rings. The van der Waals surface area contributed by atoms with Gasteiger partial charge in [-0.1, -0.05) is 77.8 Å². The minimum Gasteiger partial charge on any atom is -0.391 e. The zero-order valence-corrected chi connectivity index (χ0v) is 34.8. The Hall–Kier alpha value is -5.27. The molecule has 0 spiro atoms. The van der Waals surface area contributed by atoms with E-state index < -0.39 is 59.8 Å². The number of ether oxygens (including phenoxy) is 1. The lowest BCUT2D eigenvalue weighted by molar-refractivity contribution is -0.134. The molecule has 1 aliphatic rings. The van der Waals surface area contributed by atoms with E-state index in [1.807, 2.05) is 69.9 Å². The molecule has 0 radical (unpaired) electrons. The van der Waals surface area contributed by atoms with Gasteiger partial charge < -0.3 is 41.4 Å². The van der Waals surface area contributed by atoms with E-state index in [4.69, 9.17) is 4.74 Å². The lowest BCUT2D eigenvalue weighted by Gasteiger charge is -2.32. The Labute approximate surface area is 345 Å². The van der Waals surface area contributed by atoms with Crippen molar-refractivity contribution < 1.29 is 33.8 Å². The van der Waals surface area contributed by atoms with Crippen molar-refractivity contribution in [3.8, 4) is 0 Å². The van der Waals surface area contributed by atoms with Gasteiger partial charge >= 0.3 is 0 Å². The first-order valence-electron chi connectivity index (χ1n) is 20.6. The number of benzene rings is 1. The largest absolute Gasteiger partial charge is 0.391 e. The van der Waals surface area contributed by atoms with Gasteiger partial charge in [0.2, 0.25) is 29.5 Å². The highest BCUT2D eigenvalue weighted by atomic mass is 16.5. The summed E-state index contributed by atoms with van der Waals surface area (Å²) in [6.45, 7) is 11.8. The molecule has 5 amide bonds. The van der Waals surface area contributed by atoms with Crippen molar-refractivity contribution >= 4 is 29.5 Å². The van der Waals surface area contributed by atoms with E-state index in [-0.39, 0.29) is 50.1 Å². The van der Waals surface area contributed by atoms with E-state index in [9.17, 15) is 29.1 Å². The normalized spacial score (nSPS) is 16.8. The van der Waals surface area contributed by atoms with Gasteiger partial charge in [0.1, 0.15) is 18.1 Å². The second kappa shape index (κ2) is 24.0. The Morgan fingerprint density at radius 2 is 1.61 bits per heavy atom. The molecule has 2 aromatic heterocycles. The van der Waals surface area contributed by atoms with Crippen molar-refractivity contribution in [2.75, 3.05) is 32.8 Å². The van der Waals surface area contributed by atoms with Crippen molar-refractivity contribution in [3.63, 3.8) is 0 Å². The van der Waals surface area contributed by atoms with Crippen LogP contribution < -0.4 is 26.6 Å². The van der Waals surface area contributed by atoms with E-state index in [1.54, 1.807) is 6.20 Å². The van der Waals surface area contributed by atoms with Crippen molar-refractivity contribution in [2.24, 2.45) is 17.8 Å². The van der Waals surface area contributed by atoms with Gasteiger partial charge in [0.15, 0.2) is 5.82 Å². The van der Waals surface area contributed by atoms with Crippen LogP contribution in [-0.4, -0.2) is 133 Å². The summed E-state index contributed by atoms with van der Waals surface area (Å²) in [5, 5.41) is 39.5. The number of hydrogen-bond acceptors (Lipinski definition) is 12. The number of hydrogen-bond donors (Lipinski definition) is 8. The summed E-state index contributed by atoms with van der Waals surface area (Å²) in [6, 6.07) is 5.53. The standard InChI is InChI=1S/C40H62N12O7/c1-6-11-30(33(53)20-29(25(3)4)37(55)47-36(26(5)7-2)40(58)42-22-34-48-50-51-49-34)45-39(57)32(19-28-21-41-24-43-28)46-38(56)31(18-27-12-9-8-10-13-27)44-35(54)23-52-14-16-59-17-15-52/h8-10,12-13,21,24-26,29-33,36,53H,6-7,11,14-20,22-23H2,1-5H3,(H,41,43)(H,42,58)(H,44,54)(H,45,57)(H,46,56)(H,47,55)(H,48,49,50,51)/t26-,29?,30?,31-,32-,33?,36-/m0/s1. The fourth-order valence-electron chi connectivity index (χ4n) is 6.91. The summed E-state index contributed by atoms with van der Waals surface area (Å²) >= 11 is 0. The molecule has 8 N–H and O–H groups in total. The van der Waals surface area contributed by atoms with Gasteiger partial charge in [-0.3, -0.25) is 28.9 Å². The molecule has 324 valence electrons. The Morgan fingerprint density at radius 1 is 0.898 bits per heavy atom. The van der Waals surface area contributed by atoms with E-state index >= 15 is 0 Å². The monoisotopic (exact) mass is 822 g/mol. The van der Waals surface area contributed by atoms with Gasteiger partial charge in [-0.2, -0.15) is 0 Å². The third-order valence-electron chi connectivity index (χ3n) is 10.6. The molecule has 59 heavy (non-hydrogen) atoms. The molecule has 0 aliphatic carbocycles. The number of aromatic nitrogens is 6. The van der Waals surface area contributed by atoms with E-state index in [2.05, 4.69) is 57.2 Å². The number of morpholine rings is 1. The van der Waals surface area contributed by atoms with Gasteiger partial charge in [0.25, 0.3) is 0 Å². The van der Waals surface area contributed by atoms with Crippen LogP contribution in [0, 0.1) is 17.8 Å². The van der Waals surface area contributed by atoms with Crippen LogP contribution >= 0.6 is 0 Å². The number of nitrogens with one attached hydrogen (secondary N) is 7. The number of carbonyl (C=O) groups is 5. The number of rotatable bonds is 24. The van der Waals surface area contributed by atoms with Crippen LogP contribution in [0.4, 0.5) is 0 Å². The van der Waals surface area contributed by atoms with E-state index in [0.717, 1.165) is 5.56 Å². The maximum atomic E-state index is 14.2. The third kappa shape index (κ3) is 15.1. The number of imidazole rings is 1. The molecule has 1 saturated heterocycles. The fourth-order valence-corrected chi connectivity index (χ4v) is 6.91. The topological polar surface area (TPSA) is 261 Å². The smallest absolute Gasteiger partial charge is 0.243 e. The average molecular weight is 823 g/mol. The fraction of sp³-hybridized carbons (Fsp3) is 0.625. The van der Waals surface area contributed by atoms with Crippen molar-refractivity contribution in [2.45, 2.75) is 110 Å². The van der Waals surface area contributed by atoms with Gasteiger partial charge in [0.05, 0.1) is 50.5 Å². The predicted molar refractivity (Wildman–Crippen MR) is 217 cm³/mol. The highest BCUT2D eigenvalue weighted by molar-refractivity contribution is 5.93. The highest BCUT2D eigenvalue weighted by Gasteiger charge is 2.35. The molecule has 1 aromatic carbocycles. The summed E-state index contributed by atoms with van der Waals surface area (Å²) < 4.78 is 5.40. The maximum Gasteiger partial charge on any atom is 0.243 e. The van der Waals surface area contributed by atoms with Gasteiger partial charge in [-0.15, -0.1) is 5.10 Å². The first-order chi connectivity index (χ1) is 28.4. The molecule has 0 bridgehead atoms. The molecule has 19 nitrogen and oxygen atoms in total. The SMILES string of the molecule is CCCC(NC(=O)[C@H](Cc1c[nH]cn1)NC(=O)[C@H](Cc1ccccc1)NC(=O)CN1CCOCC1)C(O)CC(C(=O)N[C@H](C(=O)NCc1nnn[nH]1)[C@@H](C)CC)C(C)C. The number of amides is 5. The van der Waals surface area contributed by atoms with Crippen LogP contribution in [0.15, 0.2) is 42.9 Å². The number of tetrazole rings is 1. The molecule has 1 aliphatic heterocycles. The number of aliphatic hydroxyl groups excluding tert-OH is 1. The molecule has 0 saturated carbocycles. The molecule has 3 unspecified atom stereocenters. The second-order valence-electron chi connectivity index (χ2n) is 15.5. The lowest BCUT2D eigenvalue weighted by Crippen LogP contribution is -2.58. The van der Waals surface area contributed by atoms with Gasteiger partial charge in [0, 0.05) is 38.0 Å². The molecular formula is C40H62N12O7. The minimum atomic E-state index is -1.15. The molecule has 1 fully saturated rings. The van der Waals surface area contributed by atoms with Crippen LogP contribution in [0.3, 0.4) is 0 Å². The van der Waals surface area contributed by atoms with Crippen LogP contribution in [0.1, 0.15) is 77.4 Å². The molecular weight excluding hydrogens is 761 g/mol.